The molecule has 0 bridgehead atoms. The van der Waals surface area contributed by atoms with E-state index in [0.717, 1.165) is 23.1 Å². The molecule has 1 aliphatic heterocycles. The summed E-state index contributed by atoms with van der Waals surface area (Å²) in [6.45, 7) is 15.6. The zero-order valence-electron chi connectivity index (χ0n) is 26.7. The largest absolute Gasteiger partial charge is 0.494 e. The number of carbonyl (C=O) groups is 3. The van der Waals surface area contributed by atoms with E-state index in [0.29, 0.717) is 18.1 Å². The molecule has 2 aromatic rings. The fourth-order valence-electron chi connectivity index (χ4n) is 5.04. The van der Waals surface area contributed by atoms with Gasteiger partial charge in [0, 0.05) is 10.3 Å². The molecule has 0 radical (unpaired) electrons. The van der Waals surface area contributed by atoms with E-state index in [1.54, 1.807) is 0 Å². The highest BCUT2D eigenvalue weighted by Gasteiger charge is 2.50. The number of hydrogen-bond donors (Lipinski definition) is 3. The van der Waals surface area contributed by atoms with Crippen molar-refractivity contribution in [3.63, 3.8) is 0 Å². The van der Waals surface area contributed by atoms with Gasteiger partial charge in [-0.05, 0) is 90.1 Å². The van der Waals surface area contributed by atoms with Crippen molar-refractivity contribution < 1.29 is 29.0 Å². The molecule has 0 saturated carbocycles. The van der Waals surface area contributed by atoms with Crippen LogP contribution in [0.2, 0.25) is 0 Å². The molecule has 43 heavy (non-hydrogen) atoms. The first-order chi connectivity index (χ1) is 20.1. The highest BCUT2D eigenvalue weighted by atomic mass is 32.2. The Morgan fingerprint density at radius 1 is 1.07 bits per heavy atom. The van der Waals surface area contributed by atoms with Crippen LogP contribution < -0.4 is 20.1 Å². The van der Waals surface area contributed by atoms with E-state index in [2.05, 4.69) is 10.6 Å². The van der Waals surface area contributed by atoms with Crippen molar-refractivity contribution in [2.45, 2.75) is 96.7 Å². The Balaban J connectivity index is 1.83. The molecule has 3 atom stereocenters. The van der Waals surface area contributed by atoms with Gasteiger partial charge in [0.1, 0.15) is 17.5 Å². The minimum absolute atomic E-state index is 0.180. The average molecular weight is 614 g/mol. The van der Waals surface area contributed by atoms with E-state index < -0.39 is 40.3 Å². The number of thioether (sulfide) groups is 1. The van der Waals surface area contributed by atoms with Crippen molar-refractivity contribution >= 4 is 29.5 Å². The molecule has 1 heterocycles. The van der Waals surface area contributed by atoms with E-state index in [9.17, 15) is 19.5 Å². The summed E-state index contributed by atoms with van der Waals surface area (Å²) in [6, 6.07) is 11.3. The van der Waals surface area contributed by atoms with Gasteiger partial charge in [0.15, 0.2) is 12.7 Å². The number of ether oxygens (including phenoxy) is 2. The summed E-state index contributed by atoms with van der Waals surface area (Å²) in [4.78, 5) is 41.7. The molecule has 10 heteroatoms. The second kappa shape index (κ2) is 14.5. The summed E-state index contributed by atoms with van der Waals surface area (Å²) >= 11 is 1.47. The van der Waals surface area contributed by atoms with Gasteiger partial charge in [0.2, 0.25) is 5.91 Å². The smallest absolute Gasteiger partial charge is 0.258 e. The van der Waals surface area contributed by atoms with Crippen molar-refractivity contribution in [2.24, 2.45) is 0 Å². The third-order valence-corrected chi connectivity index (χ3v) is 8.54. The zero-order chi connectivity index (χ0) is 31.9. The number of aryl methyl sites for hydroxylation is 2. The Kier molecular flexibility index (Phi) is 11.5. The predicted octanol–water partition coefficient (Wildman–Crippen LogP) is 4.15. The fourth-order valence-corrected chi connectivity index (χ4v) is 6.18. The van der Waals surface area contributed by atoms with Crippen LogP contribution in [0.3, 0.4) is 0 Å². The van der Waals surface area contributed by atoms with Crippen molar-refractivity contribution in [3.05, 3.63) is 59.2 Å². The van der Waals surface area contributed by atoms with Crippen molar-refractivity contribution in [1.82, 2.24) is 15.5 Å². The number of aliphatic hydroxyl groups is 1. The molecule has 1 aliphatic rings. The van der Waals surface area contributed by atoms with E-state index in [-0.39, 0.29) is 24.8 Å². The van der Waals surface area contributed by atoms with E-state index >= 15 is 0 Å². The number of amides is 3. The van der Waals surface area contributed by atoms with Crippen LogP contribution in [0.4, 0.5) is 0 Å². The highest BCUT2D eigenvalue weighted by Crippen LogP contribution is 2.40. The van der Waals surface area contributed by atoms with Crippen LogP contribution in [-0.2, 0) is 20.8 Å². The number of para-hydroxylation sites is 1. The molecular weight excluding hydrogens is 566 g/mol. The Morgan fingerprint density at radius 3 is 2.28 bits per heavy atom. The molecule has 1 saturated heterocycles. The first-order valence-corrected chi connectivity index (χ1v) is 15.8. The Bertz CT molecular complexity index is 1250. The van der Waals surface area contributed by atoms with Gasteiger partial charge in [0.05, 0.1) is 18.5 Å². The number of nitrogens with zero attached hydrogens (tertiary/aromatic N) is 1. The fraction of sp³-hybridized carbons (Fsp3) is 0.545. The molecule has 9 nitrogen and oxygen atoms in total. The quantitative estimate of drug-likeness (QED) is 0.329. The van der Waals surface area contributed by atoms with Crippen LogP contribution in [0.5, 0.6) is 11.5 Å². The number of benzene rings is 2. The van der Waals surface area contributed by atoms with Crippen LogP contribution in [0.25, 0.3) is 0 Å². The highest BCUT2D eigenvalue weighted by molar-refractivity contribution is 8.00. The number of aliphatic hydroxyl groups excluding tert-OH is 1. The molecule has 0 aliphatic carbocycles. The summed E-state index contributed by atoms with van der Waals surface area (Å²) in [7, 11) is 0. The summed E-state index contributed by atoms with van der Waals surface area (Å²) in [5.41, 5.74) is 2.11. The predicted molar refractivity (Wildman–Crippen MR) is 170 cm³/mol. The van der Waals surface area contributed by atoms with Crippen LogP contribution in [0.15, 0.2) is 42.5 Å². The molecule has 3 rings (SSSR count). The van der Waals surface area contributed by atoms with Gasteiger partial charge < -0.3 is 30.1 Å². The zero-order valence-corrected chi connectivity index (χ0v) is 27.5. The first kappa shape index (κ1) is 34.3. The van der Waals surface area contributed by atoms with E-state index in [1.165, 1.54) is 16.7 Å². The number of rotatable bonds is 12. The minimum Gasteiger partial charge on any atom is -0.494 e. The lowest BCUT2D eigenvalue weighted by atomic mass is 9.96. The molecule has 3 N–H and O–H groups in total. The van der Waals surface area contributed by atoms with Gasteiger partial charge in [-0.2, -0.15) is 0 Å². The Morgan fingerprint density at radius 2 is 1.70 bits per heavy atom. The third kappa shape index (κ3) is 9.37. The van der Waals surface area contributed by atoms with Crippen molar-refractivity contribution in [3.8, 4) is 11.5 Å². The summed E-state index contributed by atoms with van der Waals surface area (Å²) in [5.74, 6) is 0.210. The lowest BCUT2D eigenvalue weighted by molar-refractivity contribution is -0.148. The topological polar surface area (TPSA) is 117 Å². The molecule has 236 valence electrons. The van der Waals surface area contributed by atoms with E-state index in [1.807, 2.05) is 97.9 Å². The maximum absolute atomic E-state index is 13.8. The Hall–Kier alpha value is -3.24. The van der Waals surface area contributed by atoms with Gasteiger partial charge in [-0.25, -0.2) is 0 Å². The molecule has 3 amide bonds. The molecule has 0 unspecified atom stereocenters. The lowest BCUT2D eigenvalue weighted by Crippen LogP contribution is -2.60. The lowest BCUT2D eigenvalue weighted by Gasteiger charge is -2.35. The molecular formula is C33H47N3O6S. The van der Waals surface area contributed by atoms with Gasteiger partial charge in [-0.3, -0.25) is 14.4 Å². The average Bonchev–Trinajstić information content (AvgIpc) is 3.25. The van der Waals surface area contributed by atoms with Crippen LogP contribution in [-0.4, -0.2) is 75.3 Å². The number of carbonyl (C=O) groups excluding carboxylic acids is 3. The Labute approximate surface area is 260 Å². The van der Waals surface area contributed by atoms with Crippen LogP contribution in [0.1, 0.15) is 64.7 Å². The summed E-state index contributed by atoms with van der Waals surface area (Å²) in [6.07, 6.45) is -0.534. The molecule has 2 aromatic carbocycles. The maximum Gasteiger partial charge on any atom is 0.258 e. The molecule has 0 aromatic heterocycles. The normalized spacial score (nSPS) is 17.6. The second-order valence-electron chi connectivity index (χ2n) is 12.7. The standard InChI is InChI=1S/C33H47N3O6S/c1-9-17-41-24-15-13-23(14-16-24)18-25(34-26(37)19-42-28-21(2)11-10-12-22(28)3)27(38)31(40)36-20-43-33(7,8)29(36)30(39)35-32(4,5)6/h10-16,25,27,29,38H,9,17-20H2,1-8H3,(H,34,37)(H,35,39)/t25-,27-,29+/m0/s1. The third-order valence-electron chi connectivity index (χ3n) is 7.16. The van der Waals surface area contributed by atoms with Gasteiger partial charge >= 0.3 is 0 Å². The minimum atomic E-state index is -1.60. The number of hydrogen-bond acceptors (Lipinski definition) is 7. The number of nitrogens with one attached hydrogen (secondary N) is 2. The van der Waals surface area contributed by atoms with Gasteiger partial charge in [-0.15, -0.1) is 11.8 Å². The molecule has 1 fully saturated rings. The maximum atomic E-state index is 13.8. The summed E-state index contributed by atoms with van der Waals surface area (Å²) < 4.78 is 10.9. The monoisotopic (exact) mass is 613 g/mol. The first-order valence-electron chi connectivity index (χ1n) is 14.8. The van der Waals surface area contributed by atoms with Crippen molar-refractivity contribution in [2.75, 3.05) is 19.1 Å². The van der Waals surface area contributed by atoms with Crippen LogP contribution >= 0.6 is 11.8 Å². The van der Waals surface area contributed by atoms with Gasteiger partial charge in [0.25, 0.3) is 11.8 Å². The summed E-state index contributed by atoms with van der Waals surface area (Å²) in [5, 5.41) is 17.3. The molecule has 0 spiro atoms. The second-order valence-corrected chi connectivity index (χ2v) is 14.3. The van der Waals surface area contributed by atoms with Crippen LogP contribution in [0, 0.1) is 13.8 Å². The van der Waals surface area contributed by atoms with Crippen molar-refractivity contribution in [1.29, 1.82) is 0 Å². The SMILES string of the molecule is CCCOc1ccc(C[C@H](NC(=O)COc2c(C)cccc2C)[C@H](O)C(=O)N2CSC(C)(C)[C@H]2C(=O)NC(C)(C)C)cc1. The van der Waals surface area contributed by atoms with E-state index in [4.69, 9.17) is 9.47 Å². The van der Waals surface area contributed by atoms with Gasteiger partial charge in [-0.1, -0.05) is 37.3 Å².